The third-order valence-corrected chi connectivity index (χ3v) is 4.58. The number of benzene rings is 1. The van der Waals surface area contributed by atoms with Crippen molar-refractivity contribution < 1.29 is 4.39 Å². The number of halogens is 3. The maximum absolute atomic E-state index is 13.4. The number of hydrogen-bond donors (Lipinski definition) is 0. The minimum Gasteiger partial charge on any atom is -0.206 e. The van der Waals surface area contributed by atoms with E-state index in [0.29, 0.717) is 10.4 Å². The zero-order valence-corrected chi connectivity index (χ0v) is 13.0. The molecule has 0 aromatic heterocycles. The van der Waals surface area contributed by atoms with Crippen molar-refractivity contribution >= 4 is 31.9 Å². The van der Waals surface area contributed by atoms with Crippen LogP contribution < -0.4 is 0 Å². The van der Waals surface area contributed by atoms with Gasteiger partial charge in [0.1, 0.15) is 5.82 Å². The van der Waals surface area contributed by atoms with Crippen LogP contribution in [0.4, 0.5) is 4.39 Å². The van der Waals surface area contributed by atoms with Crippen molar-refractivity contribution in [3.8, 4) is 0 Å². The Hall–Kier alpha value is 0.110. The first-order chi connectivity index (χ1) is 7.36. The predicted molar refractivity (Wildman–Crippen MR) is 74.5 cm³/mol. The Morgan fingerprint density at radius 1 is 1.31 bits per heavy atom. The smallest absolute Gasteiger partial charge is 0.137 e. The van der Waals surface area contributed by atoms with E-state index in [1.54, 1.807) is 6.07 Å². The SMILES string of the molecule is CC(C)(C)C(CBr)Cc1cccc(F)c1Br. The fourth-order valence-corrected chi connectivity index (χ4v) is 3.19. The van der Waals surface area contributed by atoms with E-state index in [1.807, 2.05) is 6.07 Å². The molecule has 1 unspecified atom stereocenters. The molecule has 0 radical (unpaired) electrons. The standard InChI is InChI=1S/C13H17Br2F/c1-13(2,3)10(8-14)7-9-5-4-6-11(16)12(9)15/h4-6,10H,7-8H2,1-3H3. The Labute approximate surface area is 114 Å². The summed E-state index contributed by atoms with van der Waals surface area (Å²) in [4.78, 5) is 0. The summed E-state index contributed by atoms with van der Waals surface area (Å²) in [6.45, 7) is 6.64. The van der Waals surface area contributed by atoms with Gasteiger partial charge in [0.2, 0.25) is 0 Å². The van der Waals surface area contributed by atoms with Crippen LogP contribution in [0.2, 0.25) is 0 Å². The molecular weight excluding hydrogens is 335 g/mol. The number of alkyl halides is 1. The summed E-state index contributed by atoms with van der Waals surface area (Å²) in [6.07, 6.45) is 0.882. The highest BCUT2D eigenvalue weighted by atomic mass is 79.9. The molecule has 0 saturated heterocycles. The van der Waals surface area contributed by atoms with Crippen LogP contribution in [-0.2, 0) is 6.42 Å². The minimum absolute atomic E-state index is 0.181. The third kappa shape index (κ3) is 3.56. The lowest BCUT2D eigenvalue weighted by molar-refractivity contribution is 0.266. The Balaban J connectivity index is 2.91. The van der Waals surface area contributed by atoms with Gasteiger partial charge in [-0.05, 0) is 45.3 Å². The zero-order valence-electron chi connectivity index (χ0n) is 9.86. The van der Waals surface area contributed by atoms with Crippen molar-refractivity contribution in [2.45, 2.75) is 27.2 Å². The van der Waals surface area contributed by atoms with E-state index in [1.165, 1.54) is 6.07 Å². The van der Waals surface area contributed by atoms with Crippen LogP contribution in [-0.4, -0.2) is 5.33 Å². The van der Waals surface area contributed by atoms with Gasteiger partial charge >= 0.3 is 0 Å². The highest BCUT2D eigenvalue weighted by molar-refractivity contribution is 9.10. The van der Waals surface area contributed by atoms with Gasteiger partial charge in [-0.1, -0.05) is 48.8 Å². The van der Waals surface area contributed by atoms with Crippen LogP contribution >= 0.6 is 31.9 Å². The summed E-state index contributed by atoms with van der Waals surface area (Å²) in [6, 6.07) is 5.23. The highest BCUT2D eigenvalue weighted by Crippen LogP contribution is 2.33. The molecule has 3 heteroatoms. The molecule has 0 fully saturated rings. The molecular formula is C13H17Br2F. The Bertz CT molecular complexity index is 355. The molecule has 0 spiro atoms. The molecule has 0 saturated carbocycles. The van der Waals surface area contributed by atoms with Gasteiger partial charge in [0.05, 0.1) is 4.47 Å². The number of hydrogen-bond acceptors (Lipinski definition) is 0. The average Bonchev–Trinajstić information content (AvgIpc) is 2.18. The first-order valence-electron chi connectivity index (χ1n) is 5.35. The largest absolute Gasteiger partial charge is 0.206 e. The van der Waals surface area contributed by atoms with Crippen molar-refractivity contribution in [3.63, 3.8) is 0 Å². The summed E-state index contributed by atoms with van der Waals surface area (Å²) in [5.74, 6) is 0.310. The van der Waals surface area contributed by atoms with Gasteiger partial charge in [-0.25, -0.2) is 4.39 Å². The second-order valence-electron chi connectivity index (χ2n) is 5.13. The summed E-state index contributed by atoms with van der Waals surface area (Å²) in [5, 5.41) is 0.930. The molecule has 0 N–H and O–H groups in total. The third-order valence-electron chi connectivity index (χ3n) is 2.91. The molecule has 0 amide bonds. The second-order valence-corrected chi connectivity index (χ2v) is 6.57. The van der Waals surface area contributed by atoms with Crippen molar-refractivity contribution in [2.24, 2.45) is 11.3 Å². The van der Waals surface area contributed by atoms with Crippen LogP contribution in [0.25, 0.3) is 0 Å². The van der Waals surface area contributed by atoms with Crippen LogP contribution in [0.1, 0.15) is 26.3 Å². The molecule has 0 nitrogen and oxygen atoms in total. The predicted octanol–water partition coefficient (Wildman–Crippen LogP) is 5.19. The normalized spacial score (nSPS) is 13.9. The quantitative estimate of drug-likeness (QED) is 0.657. The Kier molecular flexibility index (Phi) is 4.99. The Morgan fingerprint density at radius 3 is 2.44 bits per heavy atom. The lowest BCUT2D eigenvalue weighted by Gasteiger charge is -2.29. The average molecular weight is 352 g/mol. The van der Waals surface area contributed by atoms with Crippen molar-refractivity contribution in [1.29, 1.82) is 0 Å². The Morgan fingerprint density at radius 2 is 1.94 bits per heavy atom. The van der Waals surface area contributed by atoms with E-state index >= 15 is 0 Å². The molecule has 1 aromatic carbocycles. The molecule has 0 aliphatic rings. The van der Waals surface area contributed by atoms with Crippen LogP contribution in [0.3, 0.4) is 0 Å². The van der Waals surface area contributed by atoms with Gasteiger partial charge in [0, 0.05) is 5.33 Å². The fraction of sp³-hybridized carbons (Fsp3) is 0.538. The van der Waals surface area contributed by atoms with E-state index in [0.717, 1.165) is 17.3 Å². The van der Waals surface area contributed by atoms with Gasteiger partial charge in [-0.3, -0.25) is 0 Å². The topological polar surface area (TPSA) is 0 Å². The molecule has 1 rings (SSSR count). The van der Waals surface area contributed by atoms with Crippen molar-refractivity contribution in [3.05, 3.63) is 34.1 Å². The maximum Gasteiger partial charge on any atom is 0.137 e. The summed E-state index contributed by atoms with van der Waals surface area (Å²) in [7, 11) is 0. The van der Waals surface area contributed by atoms with E-state index in [2.05, 4.69) is 52.6 Å². The van der Waals surface area contributed by atoms with Crippen LogP contribution in [0.5, 0.6) is 0 Å². The first kappa shape index (κ1) is 14.2. The molecule has 1 atom stereocenters. The molecule has 0 bridgehead atoms. The van der Waals surface area contributed by atoms with Crippen LogP contribution in [0.15, 0.2) is 22.7 Å². The lowest BCUT2D eigenvalue weighted by atomic mass is 9.78. The van der Waals surface area contributed by atoms with Gasteiger partial charge in [-0.2, -0.15) is 0 Å². The molecule has 90 valence electrons. The first-order valence-corrected chi connectivity index (χ1v) is 7.26. The summed E-state index contributed by atoms with van der Waals surface area (Å²) in [5.41, 5.74) is 1.26. The van der Waals surface area contributed by atoms with E-state index in [9.17, 15) is 4.39 Å². The minimum atomic E-state index is -0.181. The molecule has 1 aromatic rings. The molecule has 0 aliphatic heterocycles. The fourth-order valence-electron chi connectivity index (χ4n) is 1.56. The maximum atomic E-state index is 13.4. The van der Waals surface area contributed by atoms with Gasteiger partial charge in [0.15, 0.2) is 0 Å². The summed E-state index contributed by atoms with van der Waals surface area (Å²) >= 11 is 6.86. The van der Waals surface area contributed by atoms with Gasteiger partial charge in [-0.15, -0.1) is 0 Å². The summed E-state index contributed by atoms with van der Waals surface area (Å²) < 4.78 is 14.0. The van der Waals surface area contributed by atoms with E-state index in [-0.39, 0.29) is 11.2 Å². The van der Waals surface area contributed by atoms with E-state index in [4.69, 9.17) is 0 Å². The van der Waals surface area contributed by atoms with E-state index < -0.39 is 0 Å². The highest BCUT2D eigenvalue weighted by Gasteiger charge is 2.24. The molecule has 0 heterocycles. The lowest BCUT2D eigenvalue weighted by Crippen LogP contribution is -2.24. The van der Waals surface area contributed by atoms with Gasteiger partial charge in [0.25, 0.3) is 0 Å². The molecule has 16 heavy (non-hydrogen) atoms. The second kappa shape index (κ2) is 5.63. The molecule has 0 aliphatic carbocycles. The van der Waals surface area contributed by atoms with Crippen molar-refractivity contribution in [2.75, 3.05) is 5.33 Å². The monoisotopic (exact) mass is 350 g/mol. The zero-order chi connectivity index (χ0) is 12.3. The van der Waals surface area contributed by atoms with Crippen LogP contribution in [0, 0.1) is 17.2 Å². The number of rotatable bonds is 3. The van der Waals surface area contributed by atoms with Gasteiger partial charge < -0.3 is 0 Å². The van der Waals surface area contributed by atoms with Crippen molar-refractivity contribution in [1.82, 2.24) is 0 Å².